The predicted octanol–water partition coefficient (Wildman–Crippen LogP) is 2.77. The topological polar surface area (TPSA) is 83.0 Å². The van der Waals surface area contributed by atoms with Gasteiger partial charge in [0.1, 0.15) is 22.3 Å². The van der Waals surface area contributed by atoms with Gasteiger partial charge in [-0.2, -0.15) is 15.0 Å². The number of aliphatic imine (C=N–C) groups is 1. The fraction of sp³-hybridized carbons (Fsp3) is 0.353. The second-order valence-electron chi connectivity index (χ2n) is 6.25. The molecule has 4 rings (SSSR count). The van der Waals surface area contributed by atoms with Crippen LogP contribution < -0.4 is 0 Å². The van der Waals surface area contributed by atoms with Crippen LogP contribution in [0.3, 0.4) is 0 Å². The van der Waals surface area contributed by atoms with Crippen LogP contribution in [-0.4, -0.2) is 45.1 Å². The first kappa shape index (κ1) is 15.7. The standard InChI is InChI=1S/C17H17N7S/c1-10-21-16(14-12-5-4-6-13(12)25-17(14)22-10)24-15(19-9-23(2)3)11(7-18)8-20-24/h8-9H,4-6H2,1-3H3/b19-9-. The van der Waals surface area contributed by atoms with Crippen LogP contribution in [0.5, 0.6) is 0 Å². The molecule has 0 aliphatic heterocycles. The Kier molecular flexibility index (Phi) is 3.73. The van der Waals surface area contributed by atoms with Crippen molar-refractivity contribution < 1.29 is 0 Å². The zero-order valence-electron chi connectivity index (χ0n) is 14.3. The number of rotatable bonds is 3. The highest BCUT2D eigenvalue weighted by atomic mass is 32.1. The van der Waals surface area contributed by atoms with Crippen molar-refractivity contribution in [2.45, 2.75) is 26.2 Å². The van der Waals surface area contributed by atoms with Crippen LogP contribution in [-0.2, 0) is 12.8 Å². The molecular formula is C17H17N7S. The van der Waals surface area contributed by atoms with Gasteiger partial charge in [-0.1, -0.05) is 0 Å². The summed E-state index contributed by atoms with van der Waals surface area (Å²) in [4.78, 5) is 17.9. The number of aryl methyl sites for hydroxylation is 3. The molecule has 25 heavy (non-hydrogen) atoms. The third kappa shape index (κ3) is 2.57. The number of fused-ring (bicyclic) bond motifs is 3. The molecule has 0 fully saturated rings. The third-order valence-corrected chi connectivity index (χ3v) is 5.32. The predicted molar refractivity (Wildman–Crippen MR) is 97.9 cm³/mol. The van der Waals surface area contributed by atoms with E-state index in [1.54, 1.807) is 22.4 Å². The van der Waals surface area contributed by atoms with Crippen molar-refractivity contribution in [1.82, 2.24) is 24.6 Å². The van der Waals surface area contributed by atoms with E-state index < -0.39 is 0 Å². The molecular weight excluding hydrogens is 334 g/mol. The molecule has 0 amide bonds. The van der Waals surface area contributed by atoms with E-state index in [4.69, 9.17) is 0 Å². The van der Waals surface area contributed by atoms with Crippen LogP contribution in [0.15, 0.2) is 11.2 Å². The molecule has 0 unspecified atom stereocenters. The largest absolute Gasteiger partial charge is 0.369 e. The van der Waals surface area contributed by atoms with Crippen LogP contribution in [0.4, 0.5) is 5.82 Å². The first-order chi connectivity index (χ1) is 12.1. The Morgan fingerprint density at radius 2 is 2.20 bits per heavy atom. The highest BCUT2D eigenvalue weighted by Crippen LogP contribution is 2.39. The zero-order chi connectivity index (χ0) is 17.6. The van der Waals surface area contributed by atoms with Crippen LogP contribution in [0.1, 0.15) is 28.2 Å². The van der Waals surface area contributed by atoms with E-state index in [1.807, 2.05) is 25.9 Å². The van der Waals surface area contributed by atoms with Gasteiger partial charge in [-0.15, -0.1) is 11.3 Å². The van der Waals surface area contributed by atoms with Crippen molar-refractivity contribution in [3.05, 3.63) is 28.0 Å². The number of nitrogens with zero attached hydrogens (tertiary/aromatic N) is 7. The summed E-state index contributed by atoms with van der Waals surface area (Å²) < 4.78 is 1.67. The minimum absolute atomic E-state index is 0.425. The molecule has 1 aliphatic carbocycles. The van der Waals surface area contributed by atoms with Gasteiger partial charge in [0.15, 0.2) is 11.6 Å². The SMILES string of the molecule is Cc1nc(-n2ncc(C#N)c2/N=C\N(C)C)c2c3c(sc2n1)CCC3. The quantitative estimate of drug-likeness (QED) is 0.535. The van der Waals surface area contributed by atoms with E-state index >= 15 is 0 Å². The molecule has 0 aromatic carbocycles. The highest BCUT2D eigenvalue weighted by Gasteiger charge is 2.24. The molecule has 0 saturated heterocycles. The third-order valence-electron chi connectivity index (χ3n) is 4.13. The molecule has 126 valence electrons. The minimum atomic E-state index is 0.425. The Morgan fingerprint density at radius 1 is 1.36 bits per heavy atom. The highest BCUT2D eigenvalue weighted by molar-refractivity contribution is 7.19. The summed E-state index contributed by atoms with van der Waals surface area (Å²) in [6.45, 7) is 1.88. The van der Waals surface area contributed by atoms with Crippen molar-refractivity contribution in [3.63, 3.8) is 0 Å². The van der Waals surface area contributed by atoms with Crippen molar-refractivity contribution >= 4 is 33.7 Å². The van der Waals surface area contributed by atoms with E-state index in [9.17, 15) is 5.26 Å². The molecule has 0 saturated carbocycles. The van der Waals surface area contributed by atoms with Gasteiger partial charge in [0, 0.05) is 19.0 Å². The van der Waals surface area contributed by atoms with Gasteiger partial charge in [0.25, 0.3) is 0 Å². The summed E-state index contributed by atoms with van der Waals surface area (Å²) in [6.07, 6.45) is 6.51. The lowest BCUT2D eigenvalue weighted by Crippen LogP contribution is -2.08. The molecule has 0 radical (unpaired) electrons. The summed E-state index contributed by atoms with van der Waals surface area (Å²) in [6, 6.07) is 2.16. The Morgan fingerprint density at radius 3 is 2.96 bits per heavy atom. The van der Waals surface area contributed by atoms with Crippen LogP contribution in [0, 0.1) is 18.3 Å². The molecule has 0 N–H and O–H groups in total. The molecule has 1 aliphatic rings. The summed E-state index contributed by atoms with van der Waals surface area (Å²) in [5.41, 5.74) is 1.75. The van der Waals surface area contributed by atoms with E-state index in [-0.39, 0.29) is 0 Å². The number of nitriles is 1. The van der Waals surface area contributed by atoms with E-state index in [2.05, 4.69) is 26.1 Å². The first-order valence-electron chi connectivity index (χ1n) is 8.06. The van der Waals surface area contributed by atoms with Gasteiger partial charge in [-0.25, -0.2) is 15.0 Å². The first-order valence-corrected chi connectivity index (χ1v) is 8.88. The average molecular weight is 351 g/mol. The summed E-state index contributed by atoms with van der Waals surface area (Å²) in [5, 5.41) is 14.9. The van der Waals surface area contributed by atoms with Crippen LogP contribution in [0.25, 0.3) is 16.0 Å². The Hall–Kier alpha value is -2.79. The van der Waals surface area contributed by atoms with E-state index in [0.717, 1.165) is 23.1 Å². The minimum Gasteiger partial charge on any atom is -0.369 e. The number of thiophene rings is 1. The van der Waals surface area contributed by atoms with Gasteiger partial charge < -0.3 is 4.90 Å². The molecule has 8 heteroatoms. The smallest absolute Gasteiger partial charge is 0.176 e. The maximum absolute atomic E-state index is 9.41. The fourth-order valence-electron chi connectivity index (χ4n) is 3.10. The second-order valence-corrected chi connectivity index (χ2v) is 7.33. The molecule has 3 heterocycles. The van der Waals surface area contributed by atoms with Crippen molar-refractivity contribution in [3.8, 4) is 11.9 Å². The zero-order valence-corrected chi connectivity index (χ0v) is 15.1. The van der Waals surface area contributed by atoms with Gasteiger partial charge in [-0.3, -0.25) is 0 Å². The second kappa shape index (κ2) is 5.93. The molecule has 7 nitrogen and oxygen atoms in total. The lowest BCUT2D eigenvalue weighted by molar-refractivity contribution is 0.642. The fourth-order valence-corrected chi connectivity index (χ4v) is 4.41. The molecule has 3 aromatic heterocycles. The summed E-state index contributed by atoms with van der Waals surface area (Å²) >= 11 is 1.74. The van der Waals surface area contributed by atoms with Crippen molar-refractivity contribution in [2.24, 2.45) is 4.99 Å². The van der Waals surface area contributed by atoms with Gasteiger partial charge in [0.05, 0.1) is 17.9 Å². The lowest BCUT2D eigenvalue weighted by atomic mass is 10.2. The van der Waals surface area contributed by atoms with Gasteiger partial charge in [-0.05, 0) is 31.7 Å². The number of hydrogen-bond acceptors (Lipinski definition) is 6. The van der Waals surface area contributed by atoms with Crippen LogP contribution in [0.2, 0.25) is 0 Å². The van der Waals surface area contributed by atoms with Gasteiger partial charge >= 0.3 is 0 Å². The molecule has 0 bridgehead atoms. The monoisotopic (exact) mass is 351 g/mol. The van der Waals surface area contributed by atoms with Crippen molar-refractivity contribution in [1.29, 1.82) is 5.26 Å². The molecule has 0 atom stereocenters. The maximum atomic E-state index is 9.41. The summed E-state index contributed by atoms with van der Waals surface area (Å²) in [7, 11) is 3.77. The van der Waals surface area contributed by atoms with Crippen LogP contribution >= 0.6 is 11.3 Å². The number of aromatic nitrogens is 4. The average Bonchev–Trinajstić information content (AvgIpc) is 3.24. The Balaban J connectivity index is 2.00. The van der Waals surface area contributed by atoms with E-state index in [0.29, 0.717) is 23.0 Å². The lowest BCUT2D eigenvalue weighted by Gasteiger charge is -2.08. The summed E-state index contributed by atoms with van der Waals surface area (Å²) in [5.74, 6) is 1.90. The number of hydrogen-bond donors (Lipinski definition) is 0. The molecule has 3 aromatic rings. The normalized spacial score (nSPS) is 13.5. The van der Waals surface area contributed by atoms with E-state index in [1.165, 1.54) is 23.1 Å². The Labute approximate surface area is 149 Å². The van der Waals surface area contributed by atoms with Gasteiger partial charge in [0.2, 0.25) is 0 Å². The van der Waals surface area contributed by atoms with Crippen molar-refractivity contribution in [2.75, 3.05) is 14.1 Å². The molecule has 0 spiro atoms. The Bertz CT molecular complexity index is 1040. The maximum Gasteiger partial charge on any atom is 0.176 e.